The molecule has 0 bridgehead atoms. The molecule has 1 N–H and O–H groups in total. The van der Waals surface area contributed by atoms with E-state index in [0.717, 1.165) is 28.4 Å². The van der Waals surface area contributed by atoms with E-state index in [4.69, 9.17) is 4.74 Å². The smallest absolute Gasteiger partial charge is 0.236 e. The van der Waals surface area contributed by atoms with Crippen LogP contribution in [0, 0.1) is 13.8 Å². The monoisotopic (exact) mass is 493 g/mol. The van der Waals surface area contributed by atoms with Gasteiger partial charge in [-0.05, 0) is 45.4 Å². The third-order valence-corrected chi connectivity index (χ3v) is 6.88. The van der Waals surface area contributed by atoms with Gasteiger partial charge in [0.05, 0.1) is 11.4 Å². The minimum Gasteiger partial charge on any atom is -0.483 e. The molecule has 0 aliphatic heterocycles. The van der Waals surface area contributed by atoms with E-state index in [1.165, 1.54) is 28.7 Å². The molecule has 0 radical (unpaired) electrons. The van der Waals surface area contributed by atoms with Crippen molar-refractivity contribution in [1.82, 2.24) is 19.7 Å². The summed E-state index contributed by atoms with van der Waals surface area (Å²) in [5.74, 6) is 1.60. The fourth-order valence-electron chi connectivity index (χ4n) is 3.42. The summed E-state index contributed by atoms with van der Waals surface area (Å²) in [6.45, 7) is 8.74. The van der Waals surface area contributed by atoms with Crippen molar-refractivity contribution >= 4 is 34.1 Å². The molecule has 4 aromatic rings. The predicted molar refractivity (Wildman–Crippen MR) is 138 cm³/mol. The van der Waals surface area contributed by atoms with E-state index in [9.17, 15) is 4.79 Å². The second kappa shape index (κ2) is 10.8. The molecule has 0 aliphatic rings. The van der Waals surface area contributed by atoms with E-state index in [0.29, 0.717) is 16.8 Å². The van der Waals surface area contributed by atoms with E-state index in [1.54, 1.807) is 0 Å². The fraction of sp³-hybridized carbons (Fsp3) is 0.280. The third kappa shape index (κ3) is 5.84. The van der Waals surface area contributed by atoms with Gasteiger partial charge in [-0.2, -0.15) is 0 Å². The van der Waals surface area contributed by atoms with Gasteiger partial charge in [0.25, 0.3) is 0 Å². The molecular weight excluding hydrogens is 466 g/mol. The summed E-state index contributed by atoms with van der Waals surface area (Å²) < 4.78 is 8.05. The van der Waals surface area contributed by atoms with Gasteiger partial charge in [-0.15, -0.1) is 21.5 Å². The van der Waals surface area contributed by atoms with Crippen LogP contribution in [0.1, 0.15) is 36.9 Å². The number of carbonyl (C=O) groups excluding carboxylic acids is 1. The first-order chi connectivity index (χ1) is 16.4. The molecule has 0 saturated heterocycles. The number of ether oxygens (including phenoxy) is 1. The SMILES string of the molecule is CCn1c(SCC(=O)Nc2nc(-c3ccc(C)cc3)cs2)nnc1C(C)Oc1cccc(C)c1. The Labute approximate surface area is 207 Å². The Kier molecular flexibility index (Phi) is 7.64. The number of aryl methyl sites for hydroxylation is 2. The Morgan fingerprint density at radius 2 is 1.94 bits per heavy atom. The minimum atomic E-state index is -0.270. The zero-order chi connectivity index (χ0) is 24.1. The summed E-state index contributed by atoms with van der Waals surface area (Å²) in [6.07, 6.45) is -0.270. The summed E-state index contributed by atoms with van der Waals surface area (Å²) in [6, 6.07) is 16.1. The van der Waals surface area contributed by atoms with Gasteiger partial charge in [0.1, 0.15) is 5.75 Å². The van der Waals surface area contributed by atoms with Crippen LogP contribution in [-0.2, 0) is 11.3 Å². The lowest BCUT2D eigenvalue weighted by Crippen LogP contribution is -2.15. The fourth-order valence-corrected chi connectivity index (χ4v) is 4.97. The van der Waals surface area contributed by atoms with E-state index < -0.39 is 0 Å². The number of amides is 1. The van der Waals surface area contributed by atoms with Crippen LogP contribution in [0.5, 0.6) is 5.75 Å². The molecule has 176 valence electrons. The lowest BCUT2D eigenvalue weighted by Gasteiger charge is -2.15. The predicted octanol–water partition coefficient (Wildman–Crippen LogP) is 5.91. The van der Waals surface area contributed by atoms with Gasteiger partial charge in [-0.1, -0.05) is 53.7 Å². The van der Waals surface area contributed by atoms with Gasteiger partial charge in [0.15, 0.2) is 22.2 Å². The third-order valence-electron chi connectivity index (χ3n) is 5.16. The van der Waals surface area contributed by atoms with E-state index in [1.807, 2.05) is 74.0 Å². The zero-order valence-electron chi connectivity index (χ0n) is 19.6. The zero-order valence-corrected chi connectivity index (χ0v) is 21.2. The number of hydrogen-bond donors (Lipinski definition) is 1. The van der Waals surface area contributed by atoms with Crippen LogP contribution in [0.2, 0.25) is 0 Å². The van der Waals surface area contributed by atoms with Crippen LogP contribution in [-0.4, -0.2) is 31.4 Å². The molecular formula is C25H27N5O2S2. The van der Waals surface area contributed by atoms with Gasteiger partial charge in [-0.3, -0.25) is 4.79 Å². The molecule has 34 heavy (non-hydrogen) atoms. The number of anilines is 1. The lowest BCUT2D eigenvalue weighted by atomic mass is 10.1. The Balaban J connectivity index is 1.36. The molecule has 2 aromatic heterocycles. The van der Waals surface area contributed by atoms with E-state index in [-0.39, 0.29) is 17.8 Å². The molecule has 0 spiro atoms. The van der Waals surface area contributed by atoms with Crippen LogP contribution in [0.3, 0.4) is 0 Å². The molecule has 0 aliphatic carbocycles. The largest absolute Gasteiger partial charge is 0.483 e. The van der Waals surface area contributed by atoms with Gasteiger partial charge < -0.3 is 14.6 Å². The van der Waals surface area contributed by atoms with E-state index >= 15 is 0 Å². The average Bonchev–Trinajstić information content (AvgIpc) is 3.45. The van der Waals surface area contributed by atoms with Crippen molar-refractivity contribution in [3.63, 3.8) is 0 Å². The standard InChI is InChI=1S/C25H27N5O2S2/c1-5-30-23(18(4)32-20-8-6-7-17(3)13-20)28-29-25(30)34-15-22(31)27-24-26-21(14-33-24)19-11-9-16(2)10-12-19/h6-14,18H,5,15H2,1-4H3,(H,26,27,31). The molecule has 2 heterocycles. The number of nitrogens with zero attached hydrogens (tertiary/aromatic N) is 4. The van der Waals surface area contributed by atoms with Gasteiger partial charge in [-0.25, -0.2) is 4.98 Å². The Morgan fingerprint density at radius 3 is 2.68 bits per heavy atom. The molecule has 9 heteroatoms. The van der Waals surface area contributed by atoms with Crippen molar-refractivity contribution in [3.05, 3.63) is 70.9 Å². The van der Waals surface area contributed by atoms with Crippen molar-refractivity contribution in [1.29, 1.82) is 0 Å². The van der Waals surface area contributed by atoms with Crippen LogP contribution in [0.15, 0.2) is 59.1 Å². The highest BCUT2D eigenvalue weighted by Crippen LogP contribution is 2.27. The number of rotatable bonds is 9. The highest BCUT2D eigenvalue weighted by atomic mass is 32.2. The maximum atomic E-state index is 12.5. The second-order valence-corrected chi connectivity index (χ2v) is 9.70. The van der Waals surface area contributed by atoms with Gasteiger partial charge in [0, 0.05) is 17.5 Å². The van der Waals surface area contributed by atoms with Crippen LogP contribution in [0.4, 0.5) is 5.13 Å². The maximum absolute atomic E-state index is 12.5. The molecule has 7 nitrogen and oxygen atoms in total. The second-order valence-electron chi connectivity index (χ2n) is 7.90. The Bertz CT molecular complexity index is 1270. The van der Waals surface area contributed by atoms with Crippen molar-refractivity contribution in [2.45, 2.75) is 45.5 Å². The Morgan fingerprint density at radius 1 is 1.15 bits per heavy atom. The molecule has 0 saturated carbocycles. The quantitative estimate of drug-likeness (QED) is 0.292. The first kappa shape index (κ1) is 24.0. The topological polar surface area (TPSA) is 81.9 Å². The number of hydrogen-bond acceptors (Lipinski definition) is 7. The van der Waals surface area contributed by atoms with E-state index in [2.05, 4.69) is 32.6 Å². The van der Waals surface area contributed by atoms with Gasteiger partial charge in [0.2, 0.25) is 5.91 Å². The van der Waals surface area contributed by atoms with Crippen molar-refractivity contribution in [3.8, 4) is 17.0 Å². The summed E-state index contributed by atoms with van der Waals surface area (Å²) in [5, 5.41) is 14.7. The maximum Gasteiger partial charge on any atom is 0.236 e. The summed E-state index contributed by atoms with van der Waals surface area (Å²) in [4.78, 5) is 17.1. The lowest BCUT2D eigenvalue weighted by molar-refractivity contribution is -0.113. The molecule has 1 unspecified atom stereocenters. The van der Waals surface area contributed by atoms with Crippen molar-refractivity contribution < 1.29 is 9.53 Å². The summed E-state index contributed by atoms with van der Waals surface area (Å²) >= 11 is 2.76. The number of benzene rings is 2. The highest BCUT2D eigenvalue weighted by Gasteiger charge is 2.20. The summed E-state index contributed by atoms with van der Waals surface area (Å²) in [7, 11) is 0. The first-order valence-corrected chi connectivity index (χ1v) is 12.9. The molecule has 4 rings (SSSR count). The average molecular weight is 494 g/mol. The highest BCUT2D eigenvalue weighted by molar-refractivity contribution is 7.99. The number of thioether (sulfide) groups is 1. The molecule has 2 aromatic carbocycles. The molecule has 1 amide bonds. The van der Waals surface area contributed by atoms with Crippen LogP contribution < -0.4 is 10.1 Å². The summed E-state index contributed by atoms with van der Waals surface area (Å²) in [5.41, 5.74) is 4.21. The number of nitrogens with one attached hydrogen (secondary N) is 1. The van der Waals surface area contributed by atoms with Gasteiger partial charge >= 0.3 is 0 Å². The molecule has 0 fully saturated rings. The minimum absolute atomic E-state index is 0.133. The Hall–Kier alpha value is -3.17. The van der Waals surface area contributed by atoms with Crippen LogP contribution >= 0.6 is 23.1 Å². The van der Waals surface area contributed by atoms with Crippen molar-refractivity contribution in [2.24, 2.45) is 0 Å². The van der Waals surface area contributed by atoms with Crippen LogP contribution in [0.25, 0.3) is 11.3 Å². The number of aromatic nitrogens is 4. The number of carbonyl (C=O) groups is 1. The first-order valence-electron chi connectivity index (χ1n) is 11.0. The van der Waals surface area contributed by atoms with Crippen molar-refractivity contribution in [2.75, 3.05) is 11.1 Å². The normalized spacial score (nSPS) is 11.9. The number of thiazole rings is 1. The molecule has 1 atom stereocenters.